The molecule has 1 aliphatic rings. The summed E-state index contributed by atoms with van der Waals surface area (Å²) in [5, 5.41) is 11.0. The van der Waals surface area contributed by atoms with Gasteiger partial charge in [-0.1, -0.05) is 41.9 Å². The quantitative estimate of drug-likeness (QED) is 0.915. The number of hydrogen-bond acceptors (Lipinski definition) is 2. The van der Waals surface area contributed by atoms with E-state index in [0.717, 1.165) is 11.1 Å². The van der Waals surface area contributed by atoms with Gasteiger partial charge in [-0.3, -0.25) is 4.79 Å². The highest BCUT2D eigenvalue weighted by atomic mass is 35.5. The lowest BCUT2D eigenvalue weighted by Gasteiger charge is -2.29. The third-order valence-electron chi connectivity index (χ3n) is 4.10. The Kier molecular flexibility index (Phi) is 3.47. The van der Waals surface area contributed by atoms with Crippen LogP contribution in [-0.2, 0) is 0 Å². The number of halogens is 1. The maximum Gasteiger partial charge on any atom is 0.257 e. The minimum Gasteiger partial charge on any atom is -0.369 e. The highest BCUT2D eigenvalue weighted by Gasteiger charge is 2.40. The molecule has 1 amide bonds. The fourth-order valence-electron chi connectivity index (χ4n) is 2.97. The lowest BCUT2D eigenvalue weighted by Crippen LogP contribution is -2.31. The predicted molar refractivity (Wildman–Crippen MR) is 82.2 cm³/mol. The second-order valence-electron chi connectivity index (χ2n) is 5.32. The first-order valence-corrected chi connectivity index (χ1v) is 7.25. The average molecular weight is 302 g/mol. The summed E-state index contributed by atoms with van der Waals surface area (Å²) in [5.74, 6) is -0.184. The number of aliphatic hydroxyl groups excluding tert-OH is 1. The van der Waals surface area contributed by atoms with Crippen LogP contribution in [0.25, 0.3) is 0 Å². The van der Waals surface area contributed by atoms with Gasteiger partial charge in [-0.25, -0.2) is 0 Å². The number of amides is 1. The standard InChI is InChI=1S/C17H16ClNO2/c1-10-6-3-4-7-12(10)11(2)19-16(20)13-8-5-9-14(18)15(13)17(19)21/h3-9,11,17,21H,1-2H3. The van der Waals surface area contributed by atoms with Gasteiger partial charge in [-0.2, -0.15) is 0 Å². The minimum atomic E-state index is -1.00. The van der Waals surface area contributed by atoms with Gasteiger partial charge < -0.3 is 10.0 Å². The molecular formula is C17H16ClNO2. The van der Waals surface area contributed by atoms with E-state index < -0.39 is 6.23 Å². The van der Waals surface area contributed by atoms with Crippen LogP contribution in [0.4, 0.5) is 0 Å². The zero-order chi connectivity index (χ0) is 15.1. The van der Waals surface area contributed by atoms with Gasteiger partial charge >= 0.3 is 0 Å². The molecular weight excluding hydrogens is 286 g/mol. The molecule has 0 radical (unpaired) electrons. The summed E-state index contributed by atoms with van der Waals surface area (Å²) in [6.07, 6.45) is -1.00. The number of carbonyl (C=O) groups excluding carboxylic acids is 1. The topological polar surface area (TPSA) is 40.5 Å². The van der Waals surface area contributed by atoms with E-state index in [1.165, 1.54) is 4.90 Å². The lowest BCUT2D eigenvalue weighted by molar-refractivity contribution is -0.000364. The van der Waals surface area contributed by atoms with E-state index in [2.05, 4.69) is 0 Å². The molecule has 21 heavy (non-hydrogen) atoms. The number of rotatable bonds is 2. The van der Waals surface area contributed by atoms with Crippen LogP contribution in [0.3, 0.4) is 0 Å². The molecule has 0 aliphatic carbocycles. The number of aryl methyl sites for hydroxylation is 1. The number of hydrogen-bond donors (Lipinski definition) is 1. The molecule has 0 saturated carbocycles. The van der Waals surface area contributed by atoms with E-state index in [1.807, 2.05) is 38.1 Å². The van der Waals surface area contributed by atoms with E-state index in [9.17, 15) is 9.90 Å². The van der Waals surface area contributed by atoms with Crippen LogP contribution in [-0.4, -0.2) is 15.9 Å². The first kappa shape index (κ1) is 14.1. The molecule has 3 rings (SSSR count). The number of benzene rings is 2. The molecule has 108 valence electrons. The van der Waals surface area contributed by atoms with Crippen molar-refractivity contribution in [2.24, 2.45) is 0 Å². The van der Waals surface area contributed by atoms with Gasteiger partial charge in [0.25, 0.3) is 5.91 Å². The van der Waals surface area contributed by atoms with Crippen LogP contribution in [0, 0.1) is 6.92 Å². The molecule has 1 N–H and O–H groups in total. The summed E-state index contributed by atoms with van der Waals surface area (Å²) in [7, 11) is 0. The van der Waals surface area contributed by atoms with Crippen LogP contribution in [0.1, 0.15) is 46.2 Å². The Bertz CT molecular complexity index is 714. The first-order chi connectivity index (χ1) is 10.0. The van der Waals surface area contributed by atoms with Gasteiger partial charge in [0.05, 0.1) is 6.04 Å². The Balaban J connectivity index is 2.04. The van der Waals surface area contributed by atoms with Gasteiger partial charge in [0, 0.05) is 16.1 Å². The molecule has 2 aromatic rings. The van der Waals surface area contributed by atoms with Crippen molar-refractivity contribution in [2.75, 3.05) is 0 Å². The predicted octanol–water partition coefficient (Wildman–Crippen LogP) is 3.86. The maximum atomic E-state index is 12.6. The Labute approximate surface area is 128 Å². The third-order valence-corrected chi connectivity index (χ3v) is 4.42. The molecule has 4 heteroatoms. The van der Waals surface area contributed by atoms with Crippen LogP contribution in [0.5, 0.6) is 0 Å². The van der Waals surface area contributed by atoms with Gasteiger partial charge in [-0.05, 0) is 37.1 Å². The van der Waals surface area contributed by atoms with E-state index in [4.69, 9.17) is 11.6 Å². The van der Waals surface area contributed by atoms with E-state index in [1.54, 1.807) is 18.2 Å². The van der Waals surface area contributed by atoms with Crippen LogP contribution in [0.2, 0.25) is 5.02 Å². The van der Waals surface area contributed by atoms with Gasteiger partial charge in [0.2, 0.25) is 0 Å². The smallest absolute Gasteiger partial charge is 0.257 e. The molecule has 0 bridgehead atoms. The zero-order valence-corrected chi connectivity index (χ0v) is 12.6. The number of fused-ring (bicyclic) bond motifs is 1. The highest BCUT2D eigenvalue weighted by molar-refractivity contribution is 6.32. The lowest BCUT2D eigenvalue weighted by atomic mass is 10.0. The minimum absolute atomic E-state index is 0.184. The molecule has 2 atom stereocenters. The van der Waals surface area contributed by atoms with Crippen LogP contribution < -0.4 is 0 Å². The summed E-state index contributed by atoms with van der Waals surface area (Å²) < 4.78 is 0. The average Bonchev–Trinajstić information content (AvgIpc) is 2.72. The molecule has 2 aromatic carbocycles. The molecule has 0 saturated heterocycles. The number of aliphatic hydroxyl groups is 1. The van der Waals surface area contributed by atoms with Crippen molar-refractivity contribution in [1.82, 2.24) is 4.90 Å². The summed E-state index contributed by atoms with van der Waals surface area (Å²) in [6, 6.07) is 12.8. The van der Waals surface area contributed by atoms with E-state index >= 15 is 0 Å². The Hall–Kier alpha value is -1.84. The van der Waals surface area contributed by atoms with Gasteiger partial charge in [0.15, 0.2) is 6.23 Å². The number of nitrogens with zero attached hydrogens (tertiary/aromatic N) is 1. The fraction of sp³-hybridized carbons (Fsp3) is 0.235. The molecule has 0 spiro atoms. The summed E-state index contributed by atoms with van der Waals surface area (Å²) in [5.41, 5.74) is 3.10. The summed E-state index contributed by atoms with van der Waals surface area (Å²) in [4.78, 5) is 14.1. The Morgan fingerprint density at radius 2 is 1.90 bits per heavy atom. The van der Waals surface area contributed by atoms with Gasteiger partial charge in [-0.15, -0.1) is 0 Å². The largest absolute Gasteiger partial charge is 0.369 e. The van der Waals surface area contributed by atoms with Crippen molar-refractivity contribution in [2.45, 2.75) is 26.1 Å². The third kappa shape index (κ3) is 2.13. The van der Waals surface area contributed by atoms with Crippen LogP contribution in [0.15, 0.2) is 42.5 Å². The molecule has 0 fully saturated rings. The van der Waals surface area contributed by atoms with Crippen molar-refractivity contribution < 1.29 is 9.90 Å². The molecule has 1 aliphatic heterocycles. The monoisotopic (exact) mass is 301 g/mol. The second-order valence-corrected chi connectivity index (χ2v) is 5.73. The summed E-state index contributed by atoms with van der Waals surface area (Å²) >= 11 is 6.14. The molecule has 2 unspecified atom stereocenters. The normalized spacial score (nSPS) is 18.8. The van der Waals surface area contributed by atoms with Crippen molar-refractivity contribution in [3.63, 3.8) is 0 Å². The SMILES string of the molecule is Cc1ccccc1C(C)N1C(=O)c2cccc(Cl)c2C1O. The number of carbonyl (C=O) groups is 1. The van der Waals surface area contributed by atoms with E-state index in [-0.39, 0.29) is 11.9 Å². The Morgan fingerprint density at radius 1 is 1.19 bits per heavy atom. The van der Waals surface area contributed by atoms with Crippen molar-refractivity contribution in [3.05, 3.63) is 69.7 Å². The van der Waals surface area contributed by atoms with Crippen molar-refractivity contribution >= 4 is 17.5 Å². The highest BCUT2D eigenvalue weighted by Crippen LogP contribution is 2.41. The first-order valence-electron chi connectivity index (χ1n) is 6.87. The van der Waals surface area contributed by atoms with Gasteiger partial charge in [0.1, 0.15) is 0 Å². The van der Waals surface area contributed by atoms with E-state index in [0.29, 0.717) is 16.1 Å². The summed E-state index contributed by atoms with van der Waals surface area (Å²) in [6.45, 7) is 3.92. The molecule has 0 aromatic heterocycles. The molecule has 1 heterocycles. The van der Waals surface area contributed by atoms with Crippen molar-refractivity contribution in [1.29, 1.82) is 0 Å². The zero-order valence-electron chi connectivity index (χ0n) is 11.9. The maximum absolute atomic E-state index is 12.6. The Morgan fingerprint density at radius 3 is 2.57 bits per heavy atom. The van der Waals surface area contributed by atoms with Crippen LogP contribution >= 0.6 is 11.6 Å². The molecule has 3 nitrogen and oxygen atoms in total. The second kappa shape index (κ2) is 5.17. The fourth-order valence-corrected chi connectivity index (χ4v) is 3.24. The van der Waals surface area contributed by atoms with Crippen molar-refractivity contribution in [3.8, 4) is 0 Å².